The summed E-state index contributed by atoms with van der Waals surface area (Å²) in [5.74, 6) is 11.8. The Hall–Kier alpha value is -4.83. The van der Waals surface area contributed by atoms with Crippen LogP contribution in [0.15, 0.2) is 72.7 Å². The predicted molar refractivity (Wildman–Crippen MR) is 295 cm³/mol. The standard InChI is InChI=1S/C62H70N4O7S2/c1-2-3-4-11-41(57(71)44-26-36-13-12-35-9-5-6-10-37(35)43(36)27-52(44)69)51(68)18-16-38-47-32-74-75-34-62-23-20-39-45-29-64-49-31-66(30-46(45)49)60-48(17-19-50(67)40-14-15-42(56(62)55(39)40)59(63)65-33-62)61(21-7-8-22-61)24-25-72-54(28-53(38)70)58(47)73-60/h12-15,20,23,26,28-31,35,37,39,41,43-44,48,50,52,57,59-60,64-65,67,69-71H,2-11,16,18,21-22,27,32-34,63H2,1H3/t35-,37-,39-,41-,43-,44+,48-,50+,52+,57+,59+,60+,62+/m1/s1. The number of hydrogen-bond donors (Lipinski definition) is 7. The first-order chi connectivity index (χ1) is 36.5. The lowest BCUT2D eigenvalue weighted by Crippen LogP contribution is -2.50. The summed E-state index contributed by atoms with van der Waals surface area (Å²) in [4.78, 5) is 18.6. The second kappa shape index (κ2) is 19.9. The number of H-pyrrole nitrogens is 1. The quantitative estimate of drug-likeness (QED) is 0.0348. The number of nitrogens with zero attached hydrogens (tertiary/aromatic N) is 1. The van der Waals surface area contributed by atoms with Crippen LogP contribution in [0.4, 0.5) is 0 Å². The molecule has 4 aromatic rings. The molecular weight excluding hydrogens is 977 g/mol. The average Bonchev–Trinajstić information content (AvgIpc) is 4.24. The Morgan fingerprint density at radius 3 is 2.76 bits per heavy atom. The molecule has 7 heterocycles. The molecule has 2 fully saturated rings. The lowest BCUT2D eigenvalue weighted by Gasteiger charge is -2.45. The van der Waals surface area contributed by atoms with Gasteiger partial charge in [0.05, 0.1) is 35.2 Å². The number of phenols is 1. The van der Waals surface area contributed by atoms with Gasteiger partial charge >= 0.3 is 0 Å². The number of aromatic nitrogens is 2. The molecule has 11 nitrogen and oxygen atoms in total. The summed E-state index contributed by atoms with van der Waals surface area (Å²) in [6.07, 6.45) is 29.1. The molecule has 0 radical (unpaired) electrons. The maximum absolute atomic E-state index is 15.0. The van der Waals surface area contributed by atoms with Gasteiger partial charge in [-0.25, -0.2) is 0 Å². The van der Waals surface area contributed by atoms with Crippen molar-refractivity contribution in [1.82, 2.24) is 14.9 Å². The largest absolute Gasteiger partial charge is 0.508 e. The predicted octanol–water partition coefficient (Wildman–Crippen LogP) is 10.6. The second-order valence-electron chi connectivity index (χ2n) is 23.4. The highest BCUT2D eigenvalue weighted by atomic mass is 33.1. The molecule has 5 aliphatic carbocycles. The zero-order chi connectivity index (χ0) is 51.2. The van der Waals surface area contributed by atoms with E-state index in [1.165, 1.54) is 31.3 Å². The number of aliphatic hydroxyl groups excluding tert-OH is 3. The van der Waals surface area contributed by atoms with Gasteiger partial charge in [-0.3, -0.25) is 10.1 Å². The van der Waals surface area contributed by atoms with E-state index < -0.39 is 59.3 Å². The molecule has 10 bridgehead atoms. The number of allylic oxidation sites excluding steroid dienone is 4. The number of ketones is 1. The number of Topliss-reactive ketones (excluding diaryl/α,β-unsaturated/α-hetero) is 1. The molecule has 10 aliphatic rings. The highest BCUT2D eigenvalue weighted by Gasteiger charge is 2.49. The van der Waals surface area contributed by atoms with Crippen molar-refractivity contribution in [2.45, 2.75) is 151 Å². The van der Waals surface area contributed by atoms with Crippen molar-refractivity contribution in [2.24, 2.45) is 46.7 Å². The van der Waals surface area contributed by atoms with Gasteiger partial charge < -0.3 is 45.2 Å². The average molecular weight is 1050 g/mol. The number of nitrogens with one attached hydrogen (secondary N) is 2. The van der Waals surface area contributed by atoms with Gasteiger partial charge in [-0.1, -0.05) is 134 Å². The highest BCUT2D eigenvalue weighted by molar-refractivity contribution is 8.76. The minimum Gasteiger partial charge on any atom is -0.508 e. The molecular formula is C62H70N4O7S2. The van der Waals surface area contributed by atoms with Crippen LogP contribution in [-0.4, -0.2) is 60.3 Å². The van der Waals surface area contributed by atoms with Gasteiger partial charge in [-0.05, 0) is 96.1 Å². The van der Waals surface area contributed by atoms with E-state index in [1.54, 1.807) is 27.7 Å². The van der Waals surface area contributed by atoms with E-state index in [2.05, 4.69) is 101 Å². The van der Waals surface area contributed by atoms with Crippen LogP contribution in [0.2, 0.25) is 0 Å². The minimum absolute atomic E-state index is 0.0100. The Kier molecular flexibility index (Phi) is 13.2. The molecule has 0 amide bonds. The third kappa shape index (κ3) is 8.45. The monoisotopic (exact) mass is 1050 g/mol. The van der Waals surface area contributed by atoms with Crippen molar-refractivity contribution >= 4 is 38.3 Å². The number of carbonyl (C=O) groups excluding carboxylic acids is 1. The summed E-state index contributed by atoms with van der Waals surface area (Å²) < 4.78 is 16.1. The van der Waals surface area contributed by atoms with Crippen LogP contribution in [0.25, 0.3) is 10.9 Å². The van der Waals surface area contributed by atoms with Crippen molar-refractivity contribution < 1.29 is 34.7 Å². The molecule has 2 spiro atoms. The van der Waals surface area contributed by atoms with E-state index in [0.717, 1.165) is 83.7 Å². The van der Waals surface area contributed by atoms with E-state index in [4.69, 9.17) is 15.2 Å². The number of carbonyl (C=O) groups is 1. The van der Waals surface area contributed by atoms with Crippen molar-refractivity contribution in [3.05, 3.63) is 112 Å². The van der Waals surface area contributed by atoms with E-state index in [9.17, 15) is 25.2 Å². The number of hydrogen-bond acceptors (Lipinski definition) is 11. The molecule has 0 saturated heterocycles. The second-order valence-corrected chi connectivity index (χ2v) is 25.9. The molecule has 5 aliphatic heterocycles. The van der Waals surface area contributed by atoms with Crippen molar-refractivity contribution in [3.63, 3.8) is 0 Å². The molecule has 2 aromatic carbocycles. The van der Waals surface area contributed by atoms with Crippen LogP contribution in [0.3, 0.4) is 0 Å². The van der Waals surface area contributed by atoms with Crippen LogP contribution in [-0.2, 0) is 22.4 Å². The molecule has 75 heavy (non-hydrogen) atoms. The first-order valence-corrected chi connectivity index (χ1v) is 30.5. The first kappa shape index (κ1) is 49.7. The van der Waals surface area contributed by atoms with Crippen LogP contribution in [0.5, 0.6) is 17.2 Å². The lowest BCUT2D eigenvalue weighted by atomic mass is 9.61. The fourth-order valence-electron chi connectivity index (χ4n) is 15.3. The Morgan fingerprint density at radius 1 is 1.04 bits per heavy atom. The number of aromatic hydroxyl groups is 1. The zero-order valence-corrected chi connectivity index (χ0v) is 44.5. The van der Waals surface area contributed by atoms with E-state index in [1.807, 2.05) is 6.07 Å². The Bertz CT molecular complexity index is 3140. The van der Waals surface area contributed by atoms with Gasteiger partial charge in [0.15, 0.2) is 17.7 Å². The molecule has 14 rings (SSSR count). The fourth-order valence-corrected chi connectivity index (χ4v) is 18.0. The minimum atomic E-state index is -1.12. The van der Waals surface area contributed by atoms with Gasteiger partial charge in [0.1, 0.15) is 23.7 Å². The molecule has 2 saturated carbocycles. The Morgan fingerprint density at radius 2 is 1.89 bits per heavy atom. The smallest absolute Gasteiger partial charge is 0.191 e. The number of unbranched alkanes of at least 4 members (excludes halogenated alkanes) is 2. The highest BCUT2D eigenvalue weighted by Crippen LogP contribution is 2.56. The molecule has 2 aromatic heterocycles. The number of phenolic OH excluding ortho intramolecular Hbond substituents is 1. The number of nitrogens with two attached hydrogens (primary N) is 1. The third-order valence-corrected chi connectivity index (χ3v) is 21.7. The molecule has 8 N–H and O–H groups in total. The number of aliphatic hydroxyl groups is 3. The van der Waals surface area contributed by atoms with Crippen molar-refractivity contribution in [2.75, 3.05) is 12.3 Å². The molecule has 13 heteroatoms. The molecule has 13 atom stereocenters. The number of rotatable bonds is 10. The normalized spacial score (nSPS) is 32.2. The van der Waals surface area contributed by atoms with Gasteiger partial charge in [0.25, 0.3) is 0 Å². The summed E-state index contributed by atoms with van der Waals surface area (Å²) in [6, 6.07) is 5.69. The van der Waals surface area contributed by atoms with Crippen molar-refractivity contribution in [3.8, 4) is 41.1 Å². The molecule has 0 unspecified atom stereocenters. The summed E-state index contributed by atoms with van der Waals surface area (Å²) in [7, 11) is 3.40. The topological polar surface area (TPSA) is 175 Å². The third-order valence-electron chi connectivity index (χ3n) is 19.3. The van der Waals surface area contributed by atoms with Gasteiger partial charge in [-0.15, -0.1) is 0 Å². The number of ether oxygens (including phenoxy) is 2. The summed E-state index contributed by atoms with van der Waals surface area (Å²) in [5, 5.41) is 53.7. The SMILES string of the molecule is CCCCC[C@H](C(=O)CCc1c(O)cc2c3c1CSSC[C@@]14C=C[C@H]5c6c(ccc(c61)[C@@H](N)NC4)[C@@H](O)C#C[C@H]([C@H](O3)n1cc3[nH]cc5c3c1)C1(C#CO2)CCCC1)[C@H](O)[C@H]1C=C2C=C[C@H]3CCCC[C@H]3[C@@H]2C[C@@H]1O. The maximum atomic E-state index is 15.0. The zero-order valence-electron chi connectivity index (χ0n) is 42.9. The van der Waals surface area contributed by atoms with E-state index in [-0.39, 0.29) is 36.2 Å². The summed E-state index contributed by atoms with van der Waals surface area (Å²) >= 11 is 0. The lowest BCUT2D eigenvalue weighted by molar-refractivity contribution is -0.129. The van der Waals surface area contributed by atoms with Crippen LogP contribution >= 0.6 is 21.6 Å². The first-order valence-electron chi connectivity index (χ1n) is 28.0. The number of fused-ring (bicyclic) bond motifs is 7. The van der Waals surface area contributed by atoms with Gasteiger partial charge in [0.2, 0.25) is 0 Å². The van der Waals surface area contributed by atoms with Crippen LogP contribution < -0.4 is 20.5 Å². The Labute approximate surface area is 448 Å². The maximum Gasteiger partial charge on any atom is 0.191 e. The van der Waals surface area contributed by atoms with Crippen LogP contribution in [0, 0.1) is 64.8 Å². The van der Waals surface area contributed by atoms with Gasteiger partial charge in [0, 0.05) is 88.8 Å². The van der Waals surface area contributed by atoms with Gasteiger partial charge in [-0.2, -0.15) is 0 Å². The summed E-state index contributed by atoms with van der Waals surface area (Å²) in [5.41, 5.74) is 14.3. The molecule has 392 valence electrons. The van der Waals surface area contributed by atoms with Crippen LogP contribution in [0.1, 0.15) is 160 Å². The number of benzene rings is 2. The Balaban J connectivity index is 0.916. The van der Waals surface area contributed by atoms with E-state index >= 15 is 0 Å². The fraction of sp³-hybridized carbons (Fsp3) is 0.532. The van der Waals surface area contributed by atoms with Crippen molar-refractivity contribution in [1.29, 1.82) is 0 Å². The van der Waals surface area contributed by atoms with E-state index in [0.29, 0.717) is 65.4 Å². The summed E-state index contributed by atoms with van der Waals surface area (Å²) in [6.45, 7) is 2.74. The number of aromatic amines is 1.